The molecule has 1 aliphatic heterocycles. The Morgan fingerprint density at radius 1 is 1.56 bits per heavy atom. The van der Waals surface area contributed by atoms with E-state index in [1.54, 1.807) is 0 Å². The predicted molar refractivity (Wildman–Crippen MR) is 66.9 cm³/mol. The van der Waals surface area contributed by atoms with Crippen molar-refractivity contribution in [2.45, 2.75) is 25.3 Å². The number of benzene rings is 1. The average Bonchev–Trinajstić information content (AvgIpc) is 2.63. The quantitative estimate of drug-likeness (QED) is 0.860. The molecule has 1 aromatic carbocycles. The lowest BCUT2D eigenvalue weighted by Gasteiger charge is -2.15. The Labute approximate surface area is 105 Å². The van der Waals surface area contributed by atoms with E-state index in [1.807, 2.05) is 6.92 Å². The third-order valence-electron chi connectivity index (χ3n) is 3.26. The first-order valence-electron chi connectivity index (χ1n) is 5.97. The first-order valence-corrected chi connectivity index (χ1v) is 5.97. The number of halogens is 1. The zero-order valence-electron chi connectivity index (χ0n) is 10.5. The molecule has 0 aromatic heterocycles. The molecule has 1 amide bonds. The number of fused-ring (bicyclic) bond motifs is 1. The van der Waals surface area contributed by atoms with Gasteiger partial charge in [-0.2, -0.15) is 0 Å². The van der Waals surface area contributed by atoms with Crippen molar-refractivity contribution in [3.8, 4) is 0 Å². The van der Waals surface area contributed by atoms with Crippen LogP contribution in [-0.4, -0.2) is 19.6 Å². The second kappa shape index (κ2) is 5.04. The van der Waals surface area contributed by atoms with Crippen molar-refractivity contribution in [1.29, 1.82) is 0 Å². The topological polar surface area (TPSA) is 64.4 Å². The molecule has 0 saturated carbocycles. The first-order chi connectivity index (χ1) is 8.58. The molecule has 1 aliphatic rings. The molecule has 0 aliphatic carbocycles. The van der Waals surface area contributed by atoms with Crippen molar-refractivity contribution in [1.82, 2.24) is 0 Å². The Balaban J connectivity index is 2.48. The summed E-state index contributed by atoms with van der Waals surface area (Å²) in [6.45, 7) is 2.18. The molecule has 98 valence electrons. The maximum atomic E-state index is 13.6. The maximum absolute atomic E-state index is 13.6. The molecular weight excluding hydrogens is 235 g/mol. The van der Waals surface area contributed by atoms with Crippen LogP contribution in [0.25, 0.3) is 0 Å². The summed E-state index contributed by atoms with van der Waals surface area (Å²) < 4.78 is 18.6. The molecule has 2 rings (SSSR count). The molecule has 2 unspecified atom stereocenters. The number of hydrogen-bond acceptors (Lipinski definition) is 3. The fourth-order valence-corrected chi connectivity index (χ4v) is 2.39. The van der Waals surface area contributed by atoms with Crippen LogP contribution in [-0.2, 0) is 9.53 Å². The van der Waals surface area contributed by atoms with Crippen LogP contribution in [0.2, 0.25) is 0 Å². The average molecular weight is 252 g/mol. The van der Waals surface area contributed by atoms with E-state index in [2.05, 4.69) is 5.32 Å². The molecule has 0 bridgehead atoms. The summed E-state index contributed by atoms with van der Waals surface area (Å²) in [4.78, 5) is 11.8. The third-order valence-corrected chi connectivity index (χ3v) is 3.26. The Morgan fingerprint density at radius 2 is 2.28 bits per heavy atom. The Hall–Kier alpha value is -1.46. The molecule has 0 saturated heterocycles. The van der Waals surface area contributed by atoms with Gasteiger partial charge in [0.25, 0.3) is 0 Å². The molecule has 5 heteroatoms. The van der Waals surface area contributed by atoms with E-state index < -0.39 is 6.04 Å². The smallest absolute Gasteiger partial charge is 0.232 e. The molecule has 2 atom stereocenters. The molecule has 0 spiro atoms. The molecule has 1 heterocycles. The highest BCUT2D eigenvalue weighted by Crippen LogP contribution is 2.39. The van der Waals surface area contributed by atoms with Crippen LogP contribution in [0.5, 0.6) is 0 Å². The van der Waals surface area contributed by atoms with Crippen molar-refractivity contribution in [3.05, 3.63) is 29.1 Å². The molecule has 1 aromatic rings. The zero-order chi connectivity index (χ0) is 13.3. The molecule has 0 radical (unpaired) electrons. The van der Waals surface area contributed by atoms with Gasteiger partial charge in [-0.15, -0.1) is 0 Å². The number of ether oxygens (including phenoxy) is 1. The summed E-state index contributed by atoms with van der Waals surface area (Å²) in [6, 6.07) is 2.32. The minimum atomic E-state index is -0.449. The van der Waals surface area contributed by atoms with Crippen molar-refractivity contribution in [3.63, 3.8) is 0 Å². The Bertz CT molecular complexity index is 476. The van der Waals surface area contributed by atoms with Gasteiger partial charge in [0.05, 0.1) is 18.6 Å². The van der Waals surface area contributed by atoms with Crippen molar-refractivity contribution < 1.29 is 13.9 Å². The molecule has 18 heavy (non-hydrogen) atoms. The van der Waals surface area contributed by atoms with Gasteiger partial charge in [0, 0.05) is 12.8 Å². The summed E-state index contributed by atoms with van der Waals surface area (Å²) in [6.07, 6.45) is 0.640. The number of hydrogen-bond donors (Lipinski definition) is 2. The lowest BCUT2D eigenvalue weighted by atomic mass is 9.94. The summed E-state index contributed by atoms with van der Waals surface area (Å²) in [5.74, 6) is -0.751. The fraction of sp³-hybridized carbons (Fsp3) is 0.462. The van der Waals surface area contributed by atoms with Gasteiger partial charge in [0.2, 0.25) is 5.91 Å². The summed E-state index contributed by atoms with van der Waals surface area (Å²) in [7, 11) is 1.53. The van der Waals surface area contributed by atoms with Crippen LogP contribution in [0.1, 0.15) is 36.4 Å². The number of nitrogens with two attached hydrogens (primary N) is 1. The van der Waals surface area contributed by atoms with E-state index >= 15 is 0 Å². The fourth-order valence-electron chi connectivity index (χ4n) is 2.39. The molecule has 3 N–H and O–H groups in total. The summed E-state index contributed by atoms with van der Waals surface area (Å²) in [5, 5.41) is 2.79. The monoisotopic (exact) mass is 252 g/mol. The summed E-state index contributed by atoms with van der Waals surface area (Å²) >= 11 is 0. The number of nitrogens with one attached hydrogen (secondary N) is 1. The molecule has 0 fully saturated rings. The lowest BCUT2D eigenvalue weighted by Crippen LogP contribution is -2.18. The highest BCUT2D eigenvalue weighted by molar-refractivity contribution is 6.03. The number of anilines is 1. The highest BCUT2D eigenvalue weighted by Gasteiger charge is 2.32. The number of methoxy groups -OCH3 is 1. The zero-order valence-corrected chi connectivity index (χ0v) is 10.5. The SMILES string of the molecule is CCC1C(=O)Nc2c(C(N)COC)cc(F)cc21. The Morgan fingerprint density at radius 3 is 2.89 bits per heavy atom. The van der Waals surface area contributed by atoms with Crippen LogP contribution in [0, 0.1) is 5.82 Å². The number of carbonyl (C=O) groups is 1. The van der Waals surface area contributed by atoms with Crippen LogP contribution >= 0.6 is 0 Å². The third kappa shape index (κ3) is 2.11. The van der Waals surface area contributed by atoms with Crippen molar-refractivity contribution in [2.24, 2.45) is 5.73 Å². The van der Waals surface area contributed by atoms with Gasteiger partial charge in [0.15, 0.2) is 0 Å². The number of rotatable bonds is 4. The van der Waals surface area contributed by atoms with Gasteiger partial charge in [0.1, 0.15) is 5.82 Å². The van der Waals surface area contributed by atoms with Crippen molar-refractivity contribution in [2.75, 3.05) is 19.0 Å². The van der Waals surface area contributed by atoms with E-state index in [0.29, 0.717) is 23.2 Å². The standard InChI is InChI=1S/C13H17FN2O2/c1-3-8-9-4-7(14)5-10(11(15)6-18-2)12(9)16-13(8)17/h4-5,8,11H,3,6,15H2,1-2H3,(H,16,17). The minimum Gasteiger partial charge on any atom is -0.383 e. The number of amides is 1. The van der Waals surface area contributed by atoms with E-state index in [9.17, 15) is 9.18 Å². The first kappa shape index (κ1) is 13.0. The highest BCUT2D eigenvalue weighted by atomic mass is 19.1. The number of carbonyl (C=O) groups excluding carboxylic acids is 1. The Kier molecular flexibility index (Phi) is 3.63. The van der Waals surface area contributed by atoms with E-state index in [1.165, 1.54) is 19.2 Å². The van der Waals surface area contributed by atoms with E-state index in [0.717, 1.165) is 0 Å². The van der Waals surface area contributed by atoms with Gasteiger partial charge in [-0.25, -0.2) is 4.39 Å². The predicted octanol–water partition coefficient (Wildman–Crippen LogP) is 1.92. The lowest BCUT2D eigenvalue weighted by molar-refractivity contribution is -0.117. The van der Waals surface area contributed by atoms with Gasteiger partial charge < -0.3 is 15.8 Å². The van der Waals surface area contributed by atoms with Crippen LogP contribution < -0.4 is 11.1 Å². The van der Waals surface area contributed by atoms with Crippen LogP contribution in [0.4, 0.5) is 10.1 Å². The van der Waals surface area contributed by atoms with Crippen LogP contribution in [0.3, 0.4) is 0 Å². The molecule has 4 nitrogen and oxygen atoms in total. The van der Waals surface area contributed by atoms with Crippen LogP contribution in [0.15, 0.2) is 12.1 Å². The van der Waals surface area contributed by atoms with Crippen molar-refractivity contribution >= 4 is 11.6 Å². The minimum absolute atomic E-state index is 0.0935. The van der Waals surface area contributed by atoms with Gasteiger partial charge in [-0.3, -0.25) is 4.79 Å². The van der Waals surface area contributed by atoms with E-state index in [4.69, 9.17) is 10.5 Å². The second-order valence-corrected chi connectivity index (χ2v) is 4.47. The van der Waals surface area contributed by atoms with Gasteiger partial charge in [-0.05, 0) is 29.7 Å². The normalized spacial score (nSPS) is 19.6. The van der Waals surface area contributed by atoms with Gasteiger partial charge >= 0.3 is 0 Å². The molecular formula is C13H17FN2O2. The summed E-state index contributed by atoms with van der Waals surface area (Å²) in [5.41, 5.74) is 7.88. The maximum Gasteiger partial charge on any atom is 0.232 e. The largest absolute Gasteiger partial charge is 0.383 e. The second-order valence-electron chi connectivity index (χ2n) is 4.47. The van der Waals surface area contributed by atoms with Gasteiger partial charge in [-0.1, -0.05) is 6.92 Å². The van der Waals surface area contributed by atoms with E-state index in [-0.39, 0.29) is 24.2 Å².